The lowest BCUT2D eigenvalue weighted by molar-refractivity contribution is 0.687. The van der Waals surface area contributed by atoms with Crippen LogP contribution in [-0.2, 0) is 13.1 Å². The smallest absolute Gasteiger partial charge is 0.155 e. The molecule has 0 aromatic carbocycles. The van der Waals surface area contributed by atoms with E-state index in [2.05, 4.69) is 32.2 Å². The zero-order chi connectivity index (χ0) is 12.4. The second-order valence-corrected chi connectivity index (χ2v) is 5.07. The second kappa shape index (κ2) is 4.88. The van der Waals surface area contributed by atoms with Gasteiger partial charge in [-0.05, 0) is 29.3 Å². The molecular weight excluding hydrogens is 244 g/mol. The SMILES string of the molecule is Cc1cc2ncc(CNCc3ccsc3)cn2n1. The van der Waals surface area contributed by atoms with Crippen molar-refractivity contribution in [2.24, 2.45) is 0 Å². The number of thiophene rings is 1. The molecule has 0 saturated heterocycles. The van der Waals surface area contributed by atoms with Gasteiger partial charge < -0.3 is 5.32 Å². The van der Waals surface area contributed by atoms with Crippen molar-refractivity contribution in [3.63, 3.8) is 0 Å². The van der Waals surface area contributed by atoms with Crippen molar-refractivity contribution in [3.05, 3.63) is 52.1 Å². The molecule has 0 saturated carbocycles. The van der Waals surface area contributed by atoms with E-state index in [1.54, 1.807) is 11.3 Å². The first-order valence-corrected chi connectivity index (χ1v) is 6.78. The average Bonchev–Trinajstić information content (AvgIpc) is 2.96. The van der Waals surface area contributed by atoms with Crippen LogP contribution in [0, 0.1) is 6.92 Å². The van der Waals surface area contributed by atoms with Crippen LogP contribution < -0.4 is 5.32 Å². The summed E-state index contributed by atoms with van der Waals surface area (Å²) >= 11 is 1.72. The molecule has 3 aromatic rings. The Labute approximate surface area is 109 Å². The zero-order valence-electron chi connectivity index (χ0n) is 10.1. The first-order valence-electron chi connectivity index (χ1n) is 5.84. The largest absolute Gasteiger partial charge is 0.308 e. The molecule has 18 heavy (non-hydrogen) atoms. The molecule has 92 valence electrons. The second-order valence-electron chi connectivity index (χ2n) is 4.29. The highest BCUT2D eigenvalue weighted by atomic mass is 32.1. The number of fused-ring (bicyclic) bond motifs is 1. The van der Waals surface area contributed by atoms with Crippen LogP contribution >= 0.6 is 11.3 Å². The number of nitrogens with zero attached hydrogens (tertiary/aromatic N) is 3. The first kappa shape index (κ1) is 11.4. The third kappa shape index (κ3) is 2.42. The number of hydrogen-bond acceptors (Lipinski definition) is 4. The molecule has 0 bridgehead atoms. The van der Waals surface area contributed by atoms with Gasteiger partial charge in [-0.3, -0.25) is 0 Å². The molecular formula is C13H14N4S. The third-order valence-electron chi connectivity index (χ3n) is 2.73. The Morgan fingerprint density at radius 1 is 1.33 bits per heavy atom. The lowest BCUT2D eigenvalue weighted by Gasteiger charge is -2.03. The molecule has 0 aliphatic heterocycles. The van der Waals surface area contributed by atoms with Crippen molar-refractivity contribution < 1.29 is 0 Å². The van der Waals surface area contributed by atoms with E-state index in [-0.39, 0.29) is 0 Å². The summed E-state index contributed by atoms with van der Waals surface area (Å²) in [6.07, 6.45) is 3.92. The molecule has 4 nitrogen and oxygen atoms in total. The molecule has 3 aromatic heterocycles. The van der Waals surface area contributed by atoms with Crippen molar-refractivity contribution in [2.75, 3.05) is 0 Å². The predicted molar refractivity (Wildman–Crippen MR) is 72.6 cm³/mol. The third-order valence-corrected chi connectivity index (χ3v) is 3.46. The molecule has 0 atom stereocenters. The van der Waals surface area contributed by atoms with E-state index >= 15 is 0 Å². The lowest BCUT2D eigenvalue weighted by atomic mass is 10.3. The van der Waals surface area contributed by atoms with Crippen molar-refractivity contribution in [1.29, 1.82) is 0 Å². The molecule has 3 heterocycles. The highest BCUT2D eigenvalue weighted by molar-refractivity contribution is 7.07. The summed E-state index contributed by atoms with van der Waals surface area (Å²) in [6.45, 7) is 3.67. The monoisotopic (exact) mass is 258 g/mol. The maximum absolute atomic E-state index is 4.38. The first-order chi connectivity index (χ1) is 8.81. The maximum atomic E-state index is 4.38. The van der Waals surface area contributed by atoms with Gasteiger partial charge in [-0.2, -0.15) is 16.4 Å². The van der Waals surface area contributed by atoms with Gasteiger partial charge in [0, 0.05) is 37.1 Å². The summed E-state index contributed by atoms with van der Waals surface area (Å²) in [6, 6.07) is 4.11. The van der Waals surface area contributed by atoms with Gasteiger partial charge in [0.2, 0.25) is 0 Å². The summed E-state index contributed by atoms with van der Waals surface area (Å²) in [5, 5.41) is 12.0. The number of rotatable bonds is 4. The minimum atomic E-state index is 0.803. The summed E-state index contributed by atoms with van der Waals surface area (Å²) in [7, 11) is 0. The van der Waals surface area contributed by atoms with Crippen molar-refractivity contribution >= 4 is 17.0 Å². The molecule has 5 heteroatoms. The minimum absolute atomic E-state index is 0.803. The Hall–Kier alpha value is -1.72. The number of aromatic nitrogens is 3. The quantitative estimate of drug-likeness (QED) is 0.781. The van der Waals surface area contributed by atoms with Crippen LogP contribution in [0.5, 0.6) is 0 Å². The van der Waals surface area contributed by atoms with E-state index in [1.165, 1.54) is 5.56 Å². The molecule has 0 aliphatic rings. The minimum Gasteiger partial charge on any atom is -0.308 e. The van der Waals surface area contributed by atoms with Crippen LogP contribution in [0.4, 0.5) is 0 Å². The summed E-state index contributed by atoms with van der Waals surface area (Å²) in [5.41, 5.74) is 4.35. The number of hydrogen-bond donors (Lipinski definition) is 1. The highest BCUT2D eigenvalue weighted by Crippen LogP contribution is 2.07. The molecule has 0 spiro atoms. The van der Waals surface area contributed by atoms with Crippen molar-refractivity contribution in [3.8, 4) is 0 Å². The van der Waals surface area contributed by atoms with E-state index < -0.39 is 0 Å². The lowest BCUT2D eigenvalue weighted by Crippen LogP contribution is -2.13. The Morgan fingerprint density at radius 3 is 3.06 bits per heavy atom. The topological polar surface area (TPSA) is 42.2 Å². The molecule has 0 amide bonds. The maximum Gasteiger partial charge on any atom is 0.155 e. The van der Waals surface area contributed by atoms with Crippen LogP contribution in [0.2, 0.25) is 0 Å². The van der Waals surface area contributed by atoms with Crippen molar-refractivity contribution in [2.45, 2.75) is 20.0 Å². The van der Waals surface area contributed by atoms with Crippen molar-refractivity contribution in [1.82, 2.24) is 19.9 Å². The molecule has 0 fully saturated rings. The Balaban J connectivity index is 1.67. The summed E-state index contributed by atoms with van der Waals surface area (Å²) in [4.78, 5) is 4.38. The number of nitrogens with one attached hydrogen (secondary N) is 1. The van der Waals surface area contributed by atoms with E-state index in [9.17, 15) is 0 Å². The average molecular weight is 258 g/mol. The Bertz CT molecular complexity index is 642. The van der Waals surface area contributed by atoms with Gasteiger partial charge in [0.25, 0.3) is 0 Å². The fraction of sp³-hybridized carbons (Fsp3) is 0.231. The predicted octanol–water partition coefficient (Wildman–Crippen LogP) is 2.39. The molecule has 3 rings (SSSR count). The molecule has 0 unspecified atom stereocenters. The van der Waals surface area contributed by atoms with Gasteiger partial charge in [-0.1, -0.05) is 0 Å². The van der Waals surface area contributed by atoms with Gasteiger partial charge >= 0.3 is 0 Å². The summed E-state index contributed by atoms with van der Waals surface area (Å²) in [5.74, 6) is 0. The van der Waals surface area contributed by atoms with E-state index in [0.717, 1.165) is 30.0 Å². The van der Waals surface area contributed by atoms with Gasteiger partial charge in [-0.25, -0.2) is 9.50 Å². The fourth-order valence-corrected chi connectivity index (χ4v) is 2.54. The number of aryl methyl sites for hydroxylation is 1. The van der Waals surface area contributed by atoms with E-state index in [1.807, 2.05) is 29.9 Å². The van der Waals surface area contributed by atoms with Crippen LogP contribution in [0.3, 0.4) is 0 Å². The standard InChI is InChI=1S/C13H14N4S/c1-10-4-13-15-7-12(8-17(13)16-10)6-14-5-11-2-3-18-9-11/h2-4,7-9,14H,5-6H2,1H3. The van der Waals surface area contributed by atoms with Crippen LogP contribution in [0.25, 0.3) is 5.65 Å². The zero-order valence-corrected chi connectivity index (χ0v) is 10.9. The molecule has 0 aliphatic carbocycles. The van der Waals surface area contributed by atoms with E-state index in [4.69, 9.17) is 0 Å². The van der Waals surface area contributed by atoms with Crippen LogP contribution in [0.15, 0.2) is 35.3 Å². The molecule has 0 radical (unpaired) electrons. The van der Waals surface area contributed by atoms with E-state index in [0.29, 0.717) is 0 Å². The normalized spacial score (nSPS) is 11.2. The Morgan fingerprint density at radius 2 is 2.22 bits per heavy atom. The summed E-state index contributed by atoms with van der Waals surface area (Å²) < 4.78 is 1.83. The van der Waals surface area contributed by atoms with Gasteiger partial charge in [0.1, 0.15) is 0 Å². The highest BCUT2D eigenvalue weighted by Gasteiger charge is 2.00. The van der Waals surface area contributed by atoms with Gasteiger partial charge in [0.05, 0.1) is 5.69 Å². The van der Waals surface area contributed by atoms with Gasteiger partial charge in [0.15, 0.2) is 5.65 Å². The van der Waals surface area contributed by atoms with Gasteiger partial charge in [-0.15, -0.1) is 0 Å². The van der Waals surface area contributed by atoms with Crippen LogP contribution in [0.1, 0.15) is 16.8 Å². The Kier molecular flexibility index (Phi) is 3.08. The van der Waals surface area contributed by atoms with Crippen LogP contribution in [-0.4, -0.2) is 14.6 Å². The fourth-order valence-electron chi connectivity index (χ4n) is 1.87. The molecule has 1 N–H and O–H groups in total.